The van der Waals surface area contributed by atoms with Crippen molar-refractivity contribution in [3.8, 4) is 17.1 Å². The number of pyridine rings is 2. The second kappa shape index (κ2) is 11.4. The summed E-state index contributed by atoms with van der Waals surface area (Å²) in [6.07, 6.45) is 7.28. The number of rotatable bonds is 7. The van der Waals surface area contributed by atoms with Gasteiger partial charge in [-0.2, -0.15) is 0 Å². The summed E-state index contributed by atoms with van der Waals surface area (Å²) in [5, 5.41) is 23.1. The van der Waals surface area contributed by atoms with Crippen molar-refractivity contribution in [1.82, 2.24) is 19.4 Å². The smallest absolute Gasteiger partial charge is 0.343 e. The summed E-state index contributed by atoms with van der Waals surface area (Å²) in [6.45, 7) is 9.71. The van der Waals surface area contributed by atoms with Crippen LogP contribution in [0, 0.1) is 0 Å². The summed E-state index contributed by atoms with van der Waals surface area (Å²) in [4.78, 5) is 35.6. The lowest BCUT2D eigenvalue weighted by molar-refractivity contribution is -0.172. The number of fused-ring (bicyclic) bond motifs is 5. The Kier molecular flexibility index (Phi) is 7.56. The van der Waals surface area contributed by atoms with Gasteiger partial charge in [-0.25, -0.2) is 14.7 Å². The van der Waals surface area contributed by atoms with Crippen LogP contribution in [0.1, 0.15) is 67.7 Å². The number of hydrogen-bond donors (Lipinski definition) is 2. The van der Waals surface area contributed by atoms with E-state index >= 15 is 0 Å². The molecule has 0 amide bonds. The summed E-state index contributed by atoms with van der Waals surface area (Å²) < 4.78 is 13.0. The van der Waals surface area contributed by atoms with E-state index in [9.17, 15) is 19.8 Å². The van der Waals surface area contributed by atoms with E-state index in [1.54, 1.807) is 23.6 Å². The Balaban J connectivity index is 1.18. The van der Waals surface area contributed by atoms with Gasteiger partial charge in [0, 0.05) is 41.2 Å². The molecule has 4 aliphatic rings. The number of carbonyl (C=O) groups excluding carboxylic acids is 1. The first-order chi connectivity index (χ1) is 21.3. The molecule has 4 aliphatic heterocycles. The molecule has 1 aromatic carbocycles. The van der Waals surface area contributed by atoms with Crippen LogP contribution in [0.2, 0.25) is 0 Å². The van der Waals surface area contributed by atoms with Crippen LogP contribution in [0.4, 0.5) is 0 Å². The number of carbonyl (C=O) groups is 1. The lowest BCUT2D eigenvalue weighted by atomic mass is 9.86. The molecule has 0 radical (unpaired) electrons. The minimum atomic E-state index is -1.87. The fourth-order valence-electron chi connectivity index (χ4n) is 7.50. The van der Waals surface area contributed by atoms with Crippen molar-refractivity contribution < 1.29 is 24.5 Å². The Morgan fingerprint density at radius 3 is 2.66 bits per heavy atom. The highest BCUT2D eigenvalue weighted by molar-refractivity contribution is 5.89. The second-order valence-corrected chi connectivity index (χ2v) is 12.5. The van der Waals surface area contributed by atoms with Crippen LogP contribution < -0.4 is 10.3 Å². The topological polar surface area (TPSA) is 117 Å². The number of aromatic nitrogens is 2. The van der Waals surface area contributed by atoms with Gasteiger partial charge in [0.15, 0.2) is 5.60 Å². The summed E-state index contributed by atoms with van der Waals surface area (Å²) in [5.41, 5.74) is 2.10. The molecule has 0 aliphatic carbocycles. The lowest BCUT2D eigenvalue weighted by Crippen LogP contribution is -2.50. The number of esters is 1. The van der Waals surface area contributed by atoms with Crippen LogP contribution in [0.5, 0.6) is 5.75 Å². The molecule has 10 heteroatoms. The highest BCUT2D eigenvalue weighted by atomic mass is 16.6. The number of likely N-dealkylation sites (tertiary alicyclic amines) is 2. The van der Waals surface area contributed by atoms with Crippen LogP contribution in [0.25, 0.3) is 22.3 Å². The van der Waals surface area contributed by atoms with Crippen molar-refractivity contribution >= 4 is 16.9 Å². The molecule has 2 saturated heterocycles. The van der Waals surface area contributed by atoms with Crippen LogP contribution in [0.15, 0.2) is 41.7 Å². The maximum absolute atomic E-state index is 13.5. The second-order valence-electron chi connectivity index (χ2n) is 12.5. The first kappa shape index (κ1) is 29.2. The molecule has 6 heterocycles. The van der Waals surface area contributed by atoms with Crippen LogP contribution >= 0.6 is 0 Å². The SMILES string of the molecule is C=CCc1c(OC(O)N2CCC(N3CCCCC3)CC2)ccc2nc3c(cc12)Cn1c-3cc2c(c1=O)COC(=O)[C@]2(O)CC. The van der Waals surface area contributed by atoms with E-state index < -0.39 is 18.0 Å². The van der Waals surface area contributed by atoms with Crippen molar-refractivity contribution in [2.75, 3.05) is 26.2 Å². The van der Waals surface area contributed by atoms with Gasteiger partial charge in [0.1, 0.15) is 12.4 Å². The van der Waals surface area contributed by atoms with Gasteiger partial charge in [0.2, 0.25) is 0 Å². The van der Waals surface area contributed by atoms with E-state index in [-0.39, 0.29) is 18.6 Å². The van der Waals surface area contributed by atoms with Crippen LogP contribution in [-0.2, 0) is 34.7 Å². The molecule has 0 bridgehead atoms. The maximum Gasteiger partial charge on any atom is 0.343 e. The minimum Gasteiger partial charge on any atom is -0.458 e. The molecule has 2 fully saturated rings. The largest absolute Gasteiger partial charge is 0.458 e. The highest BCUT2D eigenvalue weighted by Gasteiger charge is 2.45. The number of cyclic esters (lactones) is 1. The number of nitrogens with zero attached hydrogens (tertiary/aromatic N) is 4. The summed E-state index contributed by atoms with van der Waals surface area (Å²) >= 11 is 0. The molecule has 0 saturated carbocycles. The molecule has 1 unspecified atom stereocenters. The lowest BCUT2D eigenvalue weighted by Gasteiger charge is -2.41. The number of benzene rings is 1. The minimum absolute atomic E-state index is 0.0930. The number of allylic oxidation sites excluding steroid dienone is 1. The van der Waals surface area contributed by atoms with E-state index in [0.29, 0.717) is 52.8 Å². The van der Waals surface area contributed by atoms with Gasteiger partial charge in [0.05, 0.1) is 29.0 Å². The third-order valence-electron chi connectivity index (χ3n) is 10.1. The highest BCUT2D eigenvalue weighted by Crippen LogP contribution is 2.40. The van der Waals surface area contributed by atoms with E-state index in [1.807, 2.05) is 23.1 Å². The van der Waals surface area contributed by atoms with E-state index in [4.69, 9.17) is 14.5 Å². The Hall–Kier alpha value is -3.57. The van der Waals surface area contributed by atoms with Gasteiger partial charge >= 0.3 is 5.97 Å². The third kappa shape index (κ3) is 4.75. The van der Waals surface area contributed by atoms with Crippen molar-refractivity contribution in [2.24, 2.45) is 0 Å². The van der Waals surface area contributed by atoms with Crippen molar-refractivity contribution in [2.45, 2.75) is 83.1 Å². The van der Waals surface area contributed by atoms with Crippen LogP contribution in [0.3, 0.4) is 0 Å². The fourth-order valence-corrected chi connectivity index (χ4v) is 7.50. The van der Waals surface area contributed by atoms with Crippen molar-refractivity contribution in [1.29, 1.82) is 0 Å². The van der Waals surface area contributed by atoms with E-state index in [2.05, 4.69) is 11.5 Å². The Bertz CT molecular complexity index is 1690. The van der Waals surface area contributed by atoms with Crippen molar-refractivity contribution in [3.63, 3.8) is 0 Å². The third-order valence-corrected chi connectivity index (χ3v) is 10.1. The molecule has 0 spiro atoms. The monoisotopic (exact) mass is 600 g/mol. The first-order valence-electron chi connectivity index (χ1n) is 15.9. The first-order valence-corrected chi connectivity index (χ1v) is 15.9. The predicted octanol–water partition coefficient (Wildman–Crippen LogP) is 3.41. The molecular weight excluding hydrogens is 560 g/mol. The summed E-state index contributed by atoms with van der Waals surface area (Å²) in [7, 11) is 0. The molecule has 2 aromatic heterocycles. The molecule has 232 valence electrons. The standard InChI is InChI=1S/C34H40N4O6/c1-3-8-23-24-17-21-19-38-28(18-26-25(31(38)39)20-43-32(40)34(26,42)4-2)30(21)35-27(24)9-10-29(23)44-33(41)37-15-11-22(12-16-37)36-13-6-5-7-14-36/h3,9-10,17-18,22,33,41-42H,1,4-8,11-16,19-20H2,2H3/t33?,34-/m0/s1. The van der Waals surface area contributed by atoms with E-state index in [1.165, 1.54) is 32.4 Å². The molecule has 10 nitrogen and oxygen atoms in total. The zero-order chi connectivity index (χ0) is 30.6. The number of ether oxygens (including phenoxy) is 2. The van der Waals surface area contributed by atoms with Crippen molar-refractivity contribution in [3.05, 3.63) is 69.5 Å². The van der Waals surface area contributed by atoms with Gasteiger partial charge in [-0.1, -0.05) is 19.4 Å². The maximum atomic E-state index is 13.5. The van der Waals surface area contributed by atoms with Crippen LogP contribution in [-0.4, -0.2) is 74.2 Å². The molecule has 7 rings (SSSR count). The number of aliphatic hydroxyl groups is 2. The molecule has 2 N–H and O–H groups in total. The average molecular weight is 601 g/mol. The summed E-state index contributed by atoms with van der Waals surface area (Å²) in [5.74, 6) is -0.159. The normalized spacial score (nSPS) is 23.1. The van der Waals surface area contributed by atoms with Gasteiger partial charge < -0.3 is 29.2 Å². The van der Waals surface area contributed by atoms with Gasteiger partial charge in [-0.3, -0.25) is 4.79 Å². The number of piperidine rings is 2. The molecule has 3 aromatic rings. The number of aliphatic hydroxyl groups excluding tert-OH is 1. The zero-order valence-electron chi connectivity index (χ0n) is 25.3. The Labute approximate surface area is 256 Å². The van der Waals surface area contributed by atoms with Gasteiger partial charge in [-0.15, -0.1) is 6.58 Å². The fraction of sp³-hybridized carbons (Fsp3) is 0.500. The van der Waals surface area contributed by atoms with E-state index in [0.717, 1.165) is 42.4 Å². The Morgan fingerprint density at radius 2 is 1.93 bits per heavy atom. The molecular formula is C34H40N4O6. The zero-order valence-corrected chi connectivity index (χ0v) is 25.3. The predicted molar refractivity (Wildman–Crippen MR) is 165 cm³/mol. The van der Waals surface area contributed by atoms with Gasteiger partial charge in [0.25, 0.3) is 12.0 Å². The quantitative estimate of drug-likeness (QED) is 0.187. The average Bonchev–Trinajstić information content (AvgIpc) is 3.41. The Morgan fingerprint density at radius 1 is 1.16 bits per heavy atom. The summed E-state index contributed by atoms with van der Waals surface area (Å²) in [6, 6.07) is 8.03. The number of hydrogen-bond acceptors (Lipinski definition) is 9. The molecule has 44 heavy (non-hydrogen) atoms. The van der Waals surface area contributed by atoms with Gasteiger partial charge in [-0.05, 0) is 75.9 Å². The molecule has 2 atom stereocenters.